The van der Waals surface area contributed by atoms with Gasteiger partial charge in [-0.2, -0.15) is 4.31 Å². The number of thioether (sulfide) groups is 1. The van der Waals surface area contributed by atoms with Crippen molar-refractivity contribution in [1.82, 2.24) is 13.9 Å². The maximum absolute atomic E-state index is 12.8. The van der Waals surface area contributed by atoms with Crippen LogP contribution in [0.1, 0.15) is 6.92 Å². The van der Waals surface area contributed by atoms with Crippen LogP contribution >= 0.6 is 23.4 Å². The minimum absolute atomic E-state index is 0.265. The first-order valence-corrected chi connectivity index (χ1v) is 10.8. The number of hydrogen-bond acceptors (Lipinski definition) is 5. The van der Waals surface area contributed by atoms with E-state index >= 15 is 0 Å². The smallest absolute Gasteiger partial charge is 0.243 e. The van der Waals surface area contributed by atoms with Gasteiger partial charge in [-0.15, -0.1) is 0 Å². The van der Waals surface area contributed by atoms with E-state index in [0.717, 1.165) is 17.2 Å². The summed E-state index contributed by atoms with van der Waals surface area (Å²) in [5.41, 5.74) is 1.57. The highest BCUT2D eigenvalue weighted by atomic mass is 35.5. The van der Waals surface area contributed by atoms with Gasteiger partial charge in [0.25, 0.3) is 0 Å². The molecule has 2 aromatic rings. The first-order valence-electron chi connectivity index (χ1n) is 7.97. The Morgan fingerprint density at radius 3 is 2.76 bits per heavy atom. The fourth-order valence-corrected chi connectivity index (χ4v) is 5.17. The molecule has 6 nitrogen and oxygen atoms in total. The third-order valence-electron chi connectivity index (χ3n) is 3.97. The molecule has 1 fully saturated rings. The molecule has 0 aliphatic carbocycles. The fourth-order valence-electron chi connectivity index (χ4n) is 2.74. The summed E-state index contributed by atoms with van der Waals surface area (Å²) >= 11 is 7.34. The summed E-state index contributed by atoms with van der Waals surface area (Å²) in [5.74, 6) is 0.559. The van der Waals surface area contributed by atoms with Crippen LogP contribution in [0.5, 0.6) is 0 Å². The van der Waals surface area contributed by atoms with E-state index in [1.807, 2.05) is 17.6 Å². The monoisotopic (exact) mass is 401 g/mol. The molecule has 0 amide bonds. The van der Waals surface area contributed by atoms with Crippen LogP contribution in [0.3, 0.4) is 0 Å². The summed E-state index contributed by atoms with van der Waals surface area (Å²) in [6, 6.07) is 5.11. The highest BCUT2D eigenvalue weighted by Gasteiger charge is 2.27. The predicted molar refractivity (Wildman–Crippen MR) is 101 cm³/mol. The molecule has 0 saturated carbocycles. The highest BCUT2D eigenvalue weighted by Crippen LogP contribution is 2.28. The molecule has 1 aromatic carbocycles. The zero-order valence-corrected chi connectivity index (χ0v) is 16.3. The third kappa shape index (κ3) is 3.88. The molecule has 3 rings (SSSR count). The second-order valence-corrected chi connectivity index (χ2v) is 9.03. The summed E-state index contributed by atoms with van der Waals surface area (Å²) in [6.07, 6.45) is 0. The van der Waals surface area contributed by atoms with Crippen molar-refractivity contribution in [2.24, 2.45) is 0 Å². The van der Waals surface area contributed by atoms with Gasteiger partial charge in [-0.3, -0.25) is 0 Å². The third-order valence-corrected chi connectivity index (χ3v) is 7.22. The molecular weight excluding hydrogens is 382 g/mol. The second kappa shape index (κ2) is 7.67. The molecule has 1 saturated heterocycles. The zero-order chi connectivity index (χ0) is 18.0. The van der Waals surface area contributed by atoms with Crippen LogP contribution in [-0.2, 0) is 21.3 Å². The van der Waals surface area contributed by atoms with E-state index in [0.29, 0.717) is 42.6 Å². The number of aryl methyl sites for hydroxylation is 1. The van der Waals surface area contributed by atoms with Crippen molar-refractivity contribution < 1.29 is 13.2 Å². The molecule has 25 heavy (non-hydrogen) atoms. The van der Waals surface area contributed by atoms with Crippen molar-refractivity contribution in [3.05, 3.63) is 29.8 Å². The lowest BCUT2D eigenvalue weighted by Gasteiger charge is -2.26. The lowest BCUT2D eigenvalue weighted by Crippen LogP contribution is -2.40. The molecule has 0 spiro atoms. The molecule has 0 radical (unpaired) electrons. The average Bonchev–Trinajstić information content (AvgIpc) is 2.97. The van der Waals surface area contributed by atoms with Gasteiger partial charge in [-0.25, -0.2) is 13.4 Å². The van der Waals surface area contributed by atoms with Crippen molar-refractivity contribution in [1.29, 1.82) is 0 Å². The van der Waals surface area contributed by atoms with E-state index in [1.165, 1.54) is 16.1 Å². The Labute approximate surface area is 156 Å². The Morgan fingerprint density at radius 1 is 1.40 bits per heavy atom. The number of sulfonamides is 1. The molecule has 136 valence electrons. The van der Waals surface area contributed by atoms with Crippen LogP contribution in [0.2, 0.25) is 0 Å². The lowest BCUT2D eigenvalue weighted by atomic mass is 10.3. The van der Waals surface area contributed by atoms with Gasteiger partial charge in [0.05, 0.1) is 29.1 Å². The second-order valence-electron chi connectivity index (χ2n) is 5.61. The summed E-state index contributed by atoms with van der Waals surface area (Å²) in [6.45, 7) is 8.06. The van der Waals surface area contributed by atoms with E-state index in [1.54, 1.807) is 12.1 Å². The summed E-state index contributed by atoms with van der Waals surface area (Å²) in [7, 11) is -3.53. The number of rotatable bonds is 6. The molecule has 0 N–H and O–H groups in total. The van der Waals surface area contributed by atoms with Gasteiger partial charge in [0.15, 0.2) is 5.16 Å². The van der Waals surface area contributed by atoms with E-state index in [4.69, 9.17) is 16.3 Å². The van der Waals surface area contributed by atoms with Crippen molar-refractivity contribution in [3.8, 4) is 0 Å². The van der Waals surface area contributed by atoms with Crippen LogP contribution in [-0.4, -0.2) is 54.3 Å². The van der Waals surface area contributed by atoms with Crippen molar-refractivity contribution in [2.75, 3.05) is 32.1 Å². The number of benzene rings is 1. The van der Waals surface area contributed by atoms with Gasteiger partial charge in [0.2, 0.25) is 10.0 Å². The molecule has 9 heteroatoms. The predicted octanol–water partition coefficient (Wildman–Crippen LogP) is 2.92. The number of imidazole rings is 1. The lowest BCUT2D eigenvalue weighted by molar-refractivity contribution is 0.0730. The van der Waals surface area contributed by atoms with E-state index in [9.17, 15) is 8.42 Å². The molecule has 1 aliphatic rings. The number of halogens is 1. The quantitative estimate of drug-likeness (QED) is 0.696. The van der Waals surface area contributed by atoms with Crippen LogP contribution in [0.4, 0.5) is 0 Å². The number of fused-ring (bicyclic) bond motifs is 1. The van der Waals surface area contributed by atoms with Gasteiger partial charge < -0.3 is 9.30 Å². The minimum Gasteiger partial charge on any atom is -0.379 e. The van der Waals surface area contributed by atoms with Crippen molar-refractivity contribution in [3.63, 3.8) is 0 Å². The van der Waals surface area contributed by atoms with Crippen LogP contribution in [0.15, 0.2) is 39.9 Å². The molecule has 1 aliphatic heterocycles. The Morgan fingerprint density at radius 2 is 2.12 bits per heavy atom. The van der Waals surface area contributed by atoms with Crippen LogP contribution < -0.4 is 0 Å². The highest BCUT2D eigenvalue weighted by molar-refractivity contribution is 7.99. The minimum atomic E-state index is -3.53. The van der Waals surface area contributed by atoms with Gasteiger partial charge in [-0.1, -0.05) is 29.9 Å². The van der Waals surface area contributed by atoms with Gasteiger partial charge in [-0.05, 0) is 25.1 Å². The summed E-state index contributed by atoms with van der Waals surface area (Å²) in [5, 5.41) is 1.36. The molecule has 2 heterocycles. The first kappa shape index (κ1) is 18.7. The van der Waals surface area contributed by atoms with Crippen LogP contribution in [0.25, 0.3) is 11.0 Å². The number of hydrogen-bond donors (Lipinski definition) is 0. The van der Waals surface area contributed by atoms with Gasteiger partial charge >= 0.3 is 0 Å². The Balaban J connectivity index is 1.98. The maximum atomic E-state index is 12.8. The number of aromatic nitrogens is 2. The summed E-state index contributed by atoms with van der Waals surface area (Å²) < 4.78 is 34.4. The summed E-state index contributed by atoms with van der Waals surface area (Å²) in [4.78, 5) is 4.86. The van der Waals surface area contributed by atoms with Crippen LogP contribution in [0, 0.1) is 0 Å². The Kier molecular flexibility index (Phi) is 5.75. The molecule has 0 bridgehead atoms. The molecule has 0 atom stereocenters. The topological polar surface area (TPSA) is 64.4 Å². The Bertz CT molecular complexity index is 889. The van der Waals surface area contributed by atoms with E-state index < -0.39 is 10.0 Å². The zero-order valence-electron chi connectivity index (χ0n) is 13.9. The standard InChI is InChI=1S/C16H20ClN3O3S2/c1-3-20-15-5-4-13(25(21,22)19-6-8-23-9-7-19)10-14(15)18-16(20)24-11-12(2)17/h4-5,10H,2-3,6-9,11H2,1H3. The van der Waals surface area contributed by atoms with Crippen molar-refractivity contribution in [2.45, 2.75) is 23.5 Å². The Hall–Kier alpha value is -1.06. The maximum Gasteiger partial charge on any atom is 0.243 e. The van der Waals surface area contributed by atoms with Gasteiger partial charge in [0, 0.05) is 30.4 Å². The van der Waals surface area contributed by atoms with Crippen molar-refractivity contribution >= 4 is 44.4 Å². The first-order chi connectivity index (χ1) is 11.9. The molecule has 0 unspecified atom stereocenters. The van der Waals surface area contributed by atoms with E-state index in [2.05, 4.69) is 11.6 Å². The fraction of sp³-hybridized carbons (Fsp3) is 0.438. The molecular formula is C16H20ClN3O3S2. The number of nitrogens with zero attached hydrogens (tertiary/aromatic N) is 3. The number of morpholine rings is 1. The number of ether oxygens (including phenoxy) is 1. The molecule has 1 aromatic heterocycles. The normalized spacial score (nSPS) is 16.4. The van der Waals surface area contributed by atoms with Gasteiger partial charge in [0.1, 0.15) is 0 Å². The van der Waals surface area contributed by atoms with E-state index in [-0.39, 0.29) is 4.90 Å². The largest absolute Gasteiger partial charge is 0.379 e. The SMILES string of the molecule is C=C(Cl)CSc1nc2cc(S(=O)(=O)N3CCOCC3)ccc2n1CC. The average molecular weight is 402 g/mol.